The quantitative estimate of drug-likeness (QED) is 0.486. The number of nitro groups is 1. The number of hydrogen-bond acceptors (Lipinski definition) is 3. The van der Waals surface area contributed by atoms with Crippen molar-refractivity contribution in [2.75, 3.05) is 19.0 Å². The Kier molecular flexibility index (Phi) is 5.17. The Morgan fingerprint density at radius 2 is 2.29 bits per heavy atom. The molecule has 5 nitrogen and oxygen atoms in total. The number of alkyl halides is 1. The smallest absolute Gasteiger partial charge is 0.273 e. The van der Waals surface area contributed by atoms with Crippen LogP contribution in [0.15, 0.2) is 18.2 Å². The lowest BCUT2D eigenvalue weighted by Gasteiger charge is -2.32. The molecule has 0 aliphatic carbocycles. The van der Waals surface area contributed by atoms with Gasteiger partial charge in [-0.3, -0.25) is 14.9 Å². The van der Waals surface area contributed by atoms with Gasteiger partial charge in [-0.05, 0) is 38.2 Å². The highest BCUT2D eigenvalue weighted by atomic mass is 35.5. The van der Waals surface area contributed by atoms with Gasteiger partial charge in [-0.25, -0.2) is 0 Å². The zero-order chi connectivity index (χ0) is 15.4. The number of hydrogen-bond donors (Lipinski definition) is 0. The van der Waals surface area contributed by atoms with Gasteiger partial charge in [0.1, 0.15) is 0 Å². The predicted molar refractivity (Wildman–Crippen MR) is 81.8 cm³/mol. The fraction of sp³-hybridized carbons (Fsp3) is 0.533. The van der Waals surface area contributed by atoms with Crippen LogP contribution in [-0.2, 0) is 0 Å². The van der Waals surface area contributed by atoms with Crippen LogP contribution in [0.3, 0.4) is 0 Å². The zero-order valence-electron chi connectivity index (χ0n) is 12.0. The van der Waals surface area contributed by atoms with E-state index in [1.165, 1.54) is 6.07 Å². The molecule has 1 aliphatic heterocycles. The van der Waals surface area contributed by atoms with Crippen molar-refractivity contribution < 1.29 is 9.72 Å². The predicted octanol–water partition coefficient (Wildman–Crippen LogP) is 3.38. The first kappa shape index (κ1) is 15.8. The molecule has 114 valence electrons. The zero-order valence-corrected chi connectivity index (χ0v) is 12.8. The second-order valence-electron chi connectivity index (χ2n) is 5.44. The van der Waals surface area contributed by atoms with Crippen LogP contribution in [0.25, 0.3) is 0 Å². The van der Waals surface area contributed by atoms with Gasteiger partial charge in [0.05, 0.1) is 4.92 Å². The Bertz CT molecular complexity index is 546. The molecule has 2 rings (SSSR count). The monoisotopic (exact) mass is 310 g/mol. The summed E-state index contributed by atoms with van der Waals surface area (Å²) in [5.74, 6) is 0.914. The van der Waals surface area contributed by atoms with E-state index in [1.807, 2.05) is 0 Å². The maximum atomic E-state index is 12.6. The fourth-order valence-corrected chi connectivity index (χ4v) is 3.17. The first-order valence-corrected chi connectivity index (χ1v) is 7.67. The number of nitrogens with zero attached hydrogens (tertiary/aromatic N) is 2. The summed E-state index contributed by atoms with van der Waals surface area (Å²) in [6.45, 7) is 3.03. The van der Waals surface area contributed by atoms with Crippen LogP contribution in [0.5, 0.6) is 0 Å². The second kappa shape index (κ2) is 6.89. The summed E-state index contributed by atoms with van der Waals surface area (Å²) in [6, 6.07) is 4.66. The summed E-state index contributed by atoms with van der Waals surface area (Å²) in [5, 5.41) is 11.0. The van der Waals surface area contributed by atoms with E-state index in [2.05, 4.69) is 0 Å². The summed E-state index contributed by atoms with van der Waals surface area (Å²) < 4.78 is 0. The Balaban J connectivity index is 2.20. The summed E-state index contributed by atoms with van der Waals surface area (Å²) >= 11 is 5.78. The first-order valence-electron chi connectivity index (χ1n) is 7.13. The fourth-order valence-electron chi connectivity index (χ4n) is 2.86. The average Bonchev–Trinajstić information content (AvgIpc) is 2.47. The third kappa shape index (κ3) is 3.53. The van der Waals surface area contributed by atoms with Gasteiger partial charge in [0.15, 0.2) is 0 Å². The minimum Gasteiger partial charge on any atom is -0.338 e. The van der Waals surface area contributed by atoms with Crippen LogP contribution in [0.1, 0.15) is 35.2 Å². The van der Waals surface area contributed by atoms with E-state index in [9.17, 15) is 14.9 Å². The molecule has 1 unspecified atom stereocenters. The molecule has 1 aliphatic rings. The van der Waals surface area contributed by atoms with E-state index in [1.54, 1.807) is 24.0 Å². The number of carbonyl (C=O) groups excluding carboxylic acids is 1. The highest BCUT2D eigenvalue weighted by molar-refractivity contribution is 6.17. The molecule has 1 aromatic carbocycles. The Morgan fingerprint density at radius 1 is 1.52 bits per heavy atom. The Morgan fingerprint density at radius 3 is 2.95 bits per heavy atom. The molecule has 1 saturated heterocycles. The summed E-state index contributed by atoms with van der Waals surface area (Å²) in [6.07, 6.45) is 2.95. The van der Waals surface area contributed by atoms with Crippen LogP contribution in [0, 0.1) is 23.0 Å². The van der Waals surface area contributed by atoms with Gasteiger partial charge in [-0.1, -0.05) is 6.07 Å². The van der Waals surface area contributed by atoms with Crippen LogP contribution >= 0.6 is 11.6 Å². The number of nitro benzene ring substituents is 1. The molecule has 21 heavy (non-hydrogen) atoms. The normalized spacial score (nSPS) is 18.6. The SMILES string of the molecule is Cc1c(C(=O)N2CCCC(CCCl)C2)cccc1[N+](=O)[O-]. The lowest BCUT2D eigenvalue weighted by atomic mass is 9.94. The van der Waals surface area contributed by atoms with Crippen molar-refractivity contribution in [3.8, 4) is 0 Å². The Labute approximate surface area is 129 Å². The van der Waals surface area contributed by atoms with Crippen molar-refractivity contribution in [3.63, 3.8) is 0 Å². The first-order chi connectivity index (χ1) is 10.0. The van der Waals surface area contributed by atoms with Crippen LogP contribution in [0.2, 0.25) is 0 Å². The number of likely N-dealkylation sites (tertiary alicyclic amines) is 1. The Hall–Kier alpha value is -1.62. The minimum atomic E-state index is -0.446. The largest absolute Gasteiger partial charge is 0.338 e. The molecule has 0 N–H and O–H groups in total. The highest BCUT2D eigenvalue weighted by Gasteiger charge is 2.26. The molecule has 0 spiro atoms. The van der Waals surface area contributed by atoms with Crippen molar-refractivity contribution in [2.24, 2.45) is 5.92 Å². The van der Waals surface area contributed by atoms with Crippen molar-refractivity contribution in [1.82, 2.24) is 4.90 Å². The van der Waals surface area contributed by atoms with E-state index in [4.69, 9.17) is 11.6 Å². The molecular weight excluding hydrogens is 292 g/mol. The third-order valence-corrected chi connectivity index (χ3v) is 4.27. The van der Waals surface area contributed by atoms with E-state index in [-0.39, 0.29) is 11.6 Å². The van der Waals surface area contributed by atoms with E-state index >= 15 is 0 Å². The third-order valence-electron chi connectivity index (χ3n) is 4.06. The van der Waals surface area contributed by atoms with Gasteiger partial charge in [-0.15, -0.1) is 11.6 Å². The molecule has 1 amide bonds. The number of benzene rings is 1. The molecule has 0 bridgehead atoms. The van der Waals surface area contributed by atoms with Crippen molar-refractivity contribution in [3.05, 3.63) is 39.4 Å². The summed E-state index contributed by atoms with van der Waals surface area (Å²) in [7, 11) is 0. The van der Waals surface area contributed by atoms with Gasteiger partial charge in [0, 0.05) is 36.2 Å². The lowest BCUT2D eigenvalue weighted by Crippen LogP contribution is -2.40. The molecule has 0 radical (unpaired) electrons. The van der Waals surface area contributed by atoms with Gasteiger partial charge in [0.2, 0.25) is 0 Å². The maximum Gasteiger partial charge on any atom is 0.273 e. The highest BCUT2D eigenvalue weighted by Crippen LogP contribution is 2.25. The number of amides is 1. The van der Waals surface area contributed by atoms with Gasteiger partial charge in [0.25, 0.3) is 11.6 Å². The topological polar surface area (TPSA) is 63.5 Å². The lowest BCUT2D eigenvalue weighted by molar-refractivity contribution is -0.385. The van der Waals surface area contributed by atoms with E-state index < -0.39 is 4.92 Å². The van der Waals surface area contributed by atoms with Crippen molar-refractivity contribution in [2.45, 2.75) is 26.2 Å². The van der Waals surface area contributed by atoms with Crippen LogP contribution < -0.4 is 0 Å². The maximum absolute atomic E-state index is 12.6. The van der Waals surface area contributed by atoms with Gasteiger partial charge < -0.3 is 4.90 Å². The van der Waals surface area contributed by atoms with Crippen LogP contribution in [-0.4, -0.2) is 34.7 Å². The summed E-state index contributed by atoms with van der Waals surface area (Å²) in [5.41, 5.74) is 0.859. The van der Waals surface area contributed by atoms with Crippen molar-refractivity contribution in [1.29, 1.82) is 0 Å². The molecule has 1 atom stereocenters. The second-order valence-corrected chi connectivity index (χ2v) is 5.82. The van der Waals surface area contributed by atoms with Gasteiger partial charge >= 0.3 is 0 Å². The molecule has 0 aromatic heterocycles. The molecule has 1 aromatic rings. The molecule has 6 heteroatoms. The number of carbonyl (C=O) groups is 1. The average molecular weight is 311 g/mol. The van der Waals surface area contributed by atoms with E-state index in [0.29, 0.717) is 36.0 Å². The number of rotatable bonds is 4. The molecule has 1 fully saturated rings. The van der Waals surface area contributed by atoms with Crippen LogP contribution in [0.4, 0.5) is 5.69 Å². The number of piperidine rings is 1. The summed E-state index contributed by atoms with van der Waals surface area (Å²) in [4.78, 5) is 24.9. The number of halogens is 1. The molecular formula is C15H19ClN2O3. The minimum absolute atomic E-state index is 0.00447. The van der Waals surface area contributed by atoms with E-state index in [0.717, 1.165) is 19.3 Å². The van der Waals surface area contributed by atoms with Gasteiger partial charge in [-0.2, -0.15) is 0 Å². The standard InChI is InChI=1S/C15H19ClN2O3/c1-11-13(5-2-6-14(11)18(20)21)15(19)17-9-3-4-12(10-17)7-8-16/h2,5-6,12H,3-4,7-10H2,1H3. The molecule has 0 saturated carbocycles. The van der Waals surface area contributed by atoms with Crippen molar-refractivity contribution >= 4 is 23.2 Å². The molecule has 1 heterocycles.